The van der Waals surface area contributed by atoms with Crippen molar-refractivity contribution in [3.63, 3.8) is 0 Å². The fourth-order valence-corrected chi connectivity index (χ4v) is 7.17. The molecule has 2 aromatic carbocycles. The normalized spacial score (nSPS) is 22.6. The summed E-state index contributed by atoms with van der Waals surface area (Å²) in [6.45, 7) is 6.18. The van der Waals surface area contributed by atoms with Gasteiger partial charge in [0.2, 0.25) is 23.0 Å². The molecule has 6 atom stereocenters. The molecule has 2 amide bonds. The Bertz CT molecular complexity index is 1500. The first-order valence-electron chi connectivity index (χ1n) is 15.7. The maximum atomic E-state index is 13.9. The van der Waals surface area contributed by atoms with Gasteiger partial charge in [-0.3, -0.25) is 14.4 Å². The number of nitrogens with one attached hydrogen (secondary N) is 3. The maximum absolute atomic E-state index is 13.9. The molecule has 0 heterocycles. The summed E-state index contributed by atoms with van der Waals surface area (Å²) >= 11 is 0. The second kappa shape index (κ2) is 13.3. The number of allylic oxidation sites excluding steroid dienone is 2. The maximum Gasteiger partial charge on any atom is 0.242 e. The minimum absolute atomic E-state index is 0.0117. The molecule has 0 unspecified atom stereocenters. The van der Waals surface area contributed by atoms with Crippen LogP contribution in [0.15, 0.2) is 41.2 Å². The van der Waals surface area contributed by atoms with Crippen LogP contribution in [0.3, 0.4) is 0 Å². The van der Waals surface area contributed by atoms with E-state index in [-0.39, 0.29) is 23.2 Å². The fraction of sp³-hybridized carbons (Fsp3) is 0.514. The number of fused-ring (bicyclic) bond motifs is 5. The van der Waals surface area contributed by atoms with Gasteiger partial charge in [-0.25, -0.2) is 0 Å². The molecule has 1 saturated carbocycles. The third-order valence-electron chi connectivity index (χ3n) is 9.68. The summed E-state index contributed by atoms with van der Waals surface area (Å²) in [4.78, 5) is 39.7. The van der Waals surface area contributed by atoms with Gasteiger partial charge in [-0.2, -0.15) is 0 Å². The summed E-state index contributed by atoms with van der Waals surface area (Å²) in [6, 6.07) is 6.13. The molecule has 0 saturated heterocycles. The van der Waals surface area contributed by atoms with Crippen molar-refractivity contribution in [2.75, 3.05) is 33.2 Å². The van der Waals surface area contributed by atoms with Crippen LogP contribution in [0.1, 0.15) is 63.6 Å². The fourth-order valence-electron chi connectivity index (χ4n) is 7.17. The number of hydrogen-bond acceptors (Lipinski definition) is 7. The van der Waals surface area contributed by atoms with Crippen LogP contribution in [0.25, 0.3) is 11.1 Å². The largest absolute Gasteiger partial charge is 0.493 e. The molecule has 0 aliphatic heterocycles. The van der Waals surface area contributed by atoms with E-state index < -0.39 is 12.1 Å². The Labute approximate surface area is 259 Å². The summed E-state index contributed by atoms with van der Waals surface area (Å²) in [6.07, 6.45) is 8.85. The molecule has 3 aliphatic carbocycles. The van der Waals surface area contributed by atoms with Gasteiger partial charge in [0.25, 0.3) is 0 Å². The number of anilines is 1. The Morgan fingerprint density at radius 1 is 1.02 bits per heavy atom. The van der Waals surface area contributed by atoms with Crippen molar-refractivity contribution >= 4 is 17.5 Å². The second-order valence-electron chi connectivity index (χ2n) is 12.4. The zero-order chi connectivity index (χ0) is 31.5. The predicted molar refractivity (Wildman–Crippen MR) is 171 cm³/mol. The lowest BCUT2D eigenvalue weighted by molar-refractivity contribution is -0.123. The van der Waals surface area contributed by atoms with Gasteiger partial charge in [-0.1, -0.05) is 38.5 Å². The van der Waals surface area contributed by atoms with E-state index in [1.807, 2.05) is 26.0 Å². The molecule has 44 heavy (non-hydrogen) atoms. The first kappa shape index (κ1) is 31.4. The van der Waals surface area contributed by atoms with Crippen LogP contribution in [0.2, 0.25) is 0 Å². The van der Waals surface area contributed by atoms with Gasteiger partial charge in [0.15, 0.2) is 11.5 Å². The predicted octanol–water partition coefficient (Wildman–Crippen LogP) is 5.02. The molecule has 2 bridgehead atoms. The van der Waals surface area contributed by atoms with E-state index in [2.05, 4.69) is 28.1 Å². The Morgan fingerprint density at radius 2 is 1.80 bits per heavy atom. The number of benzene rings is 1. The van der Waals surface area contributed by atoms with E-state index in [9.17, 15) is 14.4 Å². The lowest BCUT2D eigenvalue weighted by atomic mass is 9.93. The van der Waals surface area contributed by atoms with Crippen molar-refractivity contribution in [3.05, 3.63) is 57.8 Å². The van der Waals surface area contributed by atoms with Crippen LogP contribution in [0, 0.1) is 23.7 Å². The highest BCUT2D eigenvalue weighted by Crippen LogP contribution is 2.50. The number of ether oxygens (including phenoxy) is 3. The molecular weight excluding hydrogens is 558 g/mol. The summed E-state index contributed by atoms with van der Waals surface area (Å²) in [5.74, 6) is 2.83. The summed E-state index contributed by atoms with van der Waals surface area (Å²) < 4.78 is 17.2. The van der Waals surface area contributed by atoms with Crippen molar-refractivity contribution in [3.8, 4) is 28.4 Å². The third kappa shape index (κ3) is 6.14. The molecule has 3 N–H and O–H groups in total. The molecule has 0 aromatic heterocycles. The van der Waals surface area contributed by atoms with Crippen molar-refractivity contribution in [1.82, 2.24) is 10.6 Å². The Morgan fingerprint density at radius 3 is 2.41 bits per heavy atom. The Balaban J connectivity index is 1.54. The summed E-state index contributed by atoms with van der Waals surface area (Å²) in [5.41, 5.74) is 3.22. The smallest absolute Gasteiger partial charge is 0.242 e. The quantitative estimate of drug-likeness (QED) is 0.309. The van der Waals surface area contributed by atoms with E-state index >= 15 is 0 Å². The monoisotopic (exact) mass is 603 g/mol. The van der Waals surface area contributed by atoms with Crippen LogP contribution in [0.4, 0.5) is 5.69 Å². The number of aryl methyl sites for hydroxylation is 1. The molecule has 5 rings (SSSR count). The molecule has 2 aromatic rings. The van der Waals surface area contributed by atoms with E-state index in [4.69, 9.17) is 14.2 Å². The standard InChI is InChI=1S/C35H45N3O6/c1-7-19(2)32(35(41)36-18-24-15-21-8-9-22(24)14-21)38-28-13-11-25-26(17-29(28)40)27(37-20(3)39)12-10-23-16-30(42-4)33(43-5)34(44-6)31(23)25/h8-9,11,13,16-17,19,21-22,24,27,32H,7,10,12,14-15,18H2,1-6H3,(H,36,41)(H,37,39)(H,38,40)/t19-,21+,22+,24-,27+,32+/m1/s1. The topological polar surface area (TPSA) is 115 Å². The van der Waals surface area contributed by atoms with Crippen LogP contribution >= 0.6 is 0 Å². The number of carbonyl (C=O) groups excluding carboxylic acids is 2. The van der Waals surface area contributed by atoms with Gasteiger partial charge < -0.3 is 30.2 Å². The number of rotatable bonds is 11. The van der Waals surface area contributed by atoms with E-state index in [0.717, 1.165) is 29.5 Å². The Kier molecular flexibility index (Phi) is 9.51. The SMILES string of the molecule is CC[C@@H](C)[C@H](Nc1ccc2c(cc1=O)[C@@H](NC(C)=O)CCc1cc(OC)c(OC)c(OC)c1-2)C(=O)NC[C@H]1C[C@H]2C=C[C@H]1C2. The molecule has 0 spiro atoms. The molecule has 9 heteroatoms. The van der Waals surface area contributed by atoms with E-state index in [1.165, 1.54) is 13.3 Å². The van der Waals surface area contributed by atoms with Crippen molar-refractivity contribution in [1.29, 1.82) is 0 Å². The molecule has 0 radical (unpaired) electrons. The number of carbonyl (C=O) groups is 2. The second-order valence-corrected chi connectivity index (χ2v) is 12.4. The minimum atomic E-state index is -0.582. The first-order chi connectivity index (χ1) is 21.2. The molecular formula is C35H45N3O6. The van der Waals surface area contributed by atoms with E-state index in [0.29, 0.717) is 65.6 Å². The van der Waals surface area contributed by atoms with Crippen molar-refractivity contribution in [2.45, 2.75) is 65.0 Å². The third-order valence-corrected chi connectivity index (χ3v) is 9.68. The van der Waals surface area contributed by atoms with Crippen LogP contribution in [0.5, 0.6) is 17.2 Å². The van der Waals surface area contributed by atoms with Gasteiger partial charge in [-0.15, -0.1) is 0 Å². The average molecular weight is 604 g/mol. The molecule has 3 aliphatic rings. The minimum Gasteiger partial charge on any atom is -0.493 e. The van der Waals surface area contributed by atoms with Gasteiger partial charge in [0.1, 0.15) is 6.04 Å². The van der Waals surface area contributed by atoms with Gasteiger partial charge in [0.05, 0.1) is 33.1 Å². The number of methoxy groups -OCH3 is 3. The average Bonchev–Trinajstić information content (AvgIpc) is 3.57. The highest BCUT2D eigenvalue weighted by Gasteiger charge is 2.36. The first-order valence-corrected chi connectivity index (χ1v) is 15.7. The van der Waals surface area contributed by atoms with Crippen LogP contribution in [-0.2, 0) is 16.0 Å². The number of hydrogen-bond donors (Lipinski definition) is 3. The number of amides is 2. The summed E-state index contributed by atoms with van der Waals surface area (Å²) in [7, 11) is 4.71. The van der Waals surface area contributed by atoms with Crippen LogP contribution in [-0.4, -0.2) is 45.7 Å². The highest BCUT2D eigenvalue weighted by atomic mass is 16.5. The zero-order valence-corrected chi connectivity index (χ0v) is 26.6. The van der Waals surface area contributed by atoms with Gasteiger partial charge in [0, 0.05) is 19.0 Å². The molecule has 236 valence electrons. The summed E-state index contributed by atoms with van der Waals surface area (Å²) in [5, 5.41) is 9.54. The van der Waals surface area contributed by atoms with Crippen LogP contribution < -0.4 is 35.6 Å². The van der Waals surface area contributed by atoms with Crippen molar-refractivity contribution in [2.24, 2.45) is 23.7 Å². The van der Waals surface area contributed by atoms with Crippen molar-refractivity contribution < 1.29 is 23.8 Å². The lowest BCUT2D eigenvalue weighted by Crippen LogP contribution is -2.46. The molecule has 1 fully saturated rings. The zero-order valence-electron chi connectivity index (χ0n) is 26.6. The van der Waals surface area contributed by atoms with Gasteiger partial charge in [-0.05, 0) is 84.2 Å². The van der Waals surface area contributed by atoms with Gasteiger partial charge >= 0.3 is 0 Å². The lowest BCUT2D eigenvalue weighted by Gasteiger charge is -2.26. The van der Waals surface area contributed by atoms with E-state index in [1.54, 1.807) is 33.5 Å². The highest BCUT2D eigenvalue weighted by molar-refractivity contribution is 5.86. The molecule has 9 nitrogen and oxygen atoms in total. The Hall–Kier alpha value is -4.01.